The minimum Gasteiger partial charge on any atom is -0.473 e. The number of imidazole rings is 1. The number of fused-ring (bicyclic) bond motifs is 1. The average molecular weight is 435 g/mol. The Morgan fingerprint density at radius 2 is 1.97 bits per heavy atom. The van der Waals surface area contributed by atoms with E-state index in [1.165, 1.54) is 27.1 Å². The van der Waals surface area contributed by atoms with Gasteiger partial charge in [-0.15, -0.1) is 0 Å². The molecular weight excluding hydrogens is 410 g/mol. The van der Waals surface area contributed by atoms with Crippen molar-refractivity contribution in [3.63, 3.8) is 0 Å². The Morgan fingerprint density at radius 1 is 1.23 bits per heavy atom. The lowest BCUT2D eigenvalue weighted by atomic mass is 10.2. The summed E-state index contributed by atoms with van der Waals surface area (Å²) >= 11 is 0. The number of nitrogens with one attached hydrogen (secondary N) is 1. The average Bonchev–Trinajstić information content (AvgIpc) is 3.22. The molecule has 1 aliphatic rings. The van der Waals surface area contributed by atoms with Crippen LogP contribution in [0.2, 0.25) is 0 Å². The Balaban J connectivity index is 1.96. The first kappa shape index (κ1) is 22.4. The molecule has 2 aromatic rings. The first-order valence-corrected chi connectivity index (χ1v) is 9.79. The molecule has 1 amide bonds. The lowest BCUT2D eigenvalue weighted by Crippen LogP contribution is -2.31. The summed E-state index contributed by atoms with van der Waals surface area (Å²) in [6.45, 7) is 7.54. The molecule has 0 aliphatic carbocycles. The molecule has 1 saturated heterocycles. The van der Waals surface area contributed by atoms with Crippen LogP contribution < -0.4 is 10.1 Å². The third-order valence-corrected chi connectivity index (χ3v) is 4.28. The van der Waals surface area contributed by atoms with Crippen molar-refractivity contribution in [3.8, 4) is 5.88 Å². The van der Waals surface area contributed by atoms with E-state index in [9.17, 15) is 14.4 Å². The highest BCUT2D eigenvalue weighted by Crippen LogP contribution is 2.34. The second kappa shape index (κ2) is 9.25. The lowest BCUT2D eigenvalue weighted by molar-refractivity contribution is -0.155. The van der Waals surface area contributed by atoms with Crippen molar-refractivity contribution in [2.24, 2.45) is 0 Å². The van der Waals surface area contributed by atoms with Crippen LogP contribution >= 0.6 is 0 Å². The molecule has 1 unspecified atom stereocenters. The Labute approximate surface area is 178 Å². The summed E-state index contributed by atoms with van der Waals surface area (Å²) in [6, 6.07) is 0. The van der Waals surface area contributed by atoms with Crippen molar-refractivity contribution in [1.82, 2.24) is 19.5 Å². The van der Waals surface area contributed by atoms with Gasteiger partial charge in [-0.25, -0.2) is 4.98 Å². The van der Waals surface area contributed by atoms with Gasteiger partial charge in [0, 0.05) is 27.2 Å². The van der Waals surface area contributed by atoms with Gasteiger partial charge in [-0.3, -0.25) is 24.3 Å². The maximum Gasteiger partial charge on any atom is 0.303 e. The van der Waals surface area contributed by atoms with Crippen LogP contribution in [0.4, 0.5) is 5.95 Å². The number of nitrogens with zero attached hydrogens (tertiary/aromatic N) is 4. The molecule has 2 aromatic heterocycles. The number of ether oxygens (including phenoxy) is 4. The van der Waals surface area contributed by atoms with Crippen LogP contribution in [-0.4, -0.2) is 62.3 Å². The number of carbonyl (C=O) groups is 3. The van der Waals surface area contributed by atoms with Gasteiger partial charge in [-0.05, 0) is 13.8 Å². The molecule has 1 N–H and O–H groups in total. The largest absolute Gasteiger partial charge is 0.473 e. The van der Waals surface area contributed by atoms with Crippen LogP contribution in [0.1, 0.15) is 47.3 Å². The number of carbonyl (C=O) groups excluding carboxylic acids is 3. The summed E-state index contributed by atoms with van der Waals surface area (Å²) in [5, 5.41) is 2.54. The maximum atomic E-state index is 11.5. The topological polar surface area (TPSA) is 144 Å². The number of esters is 2. The van der Waals surface area contributed by atoms with Crippen LogP contribution in [0, 0.1) is 0 Å². The van der Waals surface area contributed by atoms with E-state index < -0.39 is 30.4 Å². The second-order valence-corrected chi connectivity index (χ2v) is 7.34. The standard InChI is InChI=1S/C19H25N5O7/c1-9(2)29-18-16-17(22-19(23-18)21-10(3)25)24(8-20-16)15-6-13(30-12(5)27)14(31-15)7-28-11(4)26/h8-9,13-15H,6-7H2,1-5H3,(H,21,22,23,25)/t13?,14-,15-/m1/s1. The van der Waals surface area contributed by atoms with Gasteiger partial charge in [0.25, 0.3) is 0 Å². The number of hydrogen-bond acceptors (Lipinski definition) is 10. The Morgan fingerprint density at radius 3 is 2.58 bits per heavy atom. The van der Waals surface area contributed by atoms with Crippen molar-refractivity contribution in [2.75, 3.05) is 11.9 Å². The fourth-order valence-electron chi connectivity index (χ4n) is 3.18. The highest BCUT2D eigenvalue weighted by Gasteiger charge is 2.40. The van der Waals surface area contributed by atoms with Gasteiger partial charge in [-0.2, -0.15) is 9.97 Å². The number of amides is 1. The van der Waals surface area contributed by atoms with Crippen molar-refractivity contribution in [1.29, 1.82) is 0 Å². The number of anilines is 1. The van der Waals surface area contributed by atoms with Crippen molar-refractivity contribution < 1.29 is 33.3 Å². The van der Waals surface area contributed by atoms with Gasteiger partial charge >= 0.3 is 11.9 Å². The van der Waals surface area contributed by atoms with E-state index in [1.54, 1.807) is 4.57 Å². The molecule has 0 radical (unpaired) electrons. The lowest BCUT2D eigenvalue weighted by Gasteiger charge is -2.17. The van der Waals surface area contributed by atoms with Crippen LogP contribution in [0.5, 0.6) is 5.88 Å². The Bertz CT molecular complexity index is 989. The molecule has 168 valence electrons. The Kier molecular flexibility index (Phi) is 6.68. The summed E-state index contributed by atoms with van der Waals surface area (Å²) in [6.07, 6.45) is -0.273. The maximum absolute atomic E-state index is 11.5. The number of aromatic nitrogens is 4. The molecule has 12 nitrogen and oxygen atoms in total. The molecule has 0 aromatic carbocycles. The van der Waals surface area contributed by atoms with Crippen LogP contribution in [0.15, 0.2) is 6.33 Å². The zero-order valence-corrected chi connectivity index (χ0v) is 17.9. The van der Waals surface area contributed by atoms with Crippen LogP contribution in [0.3, 0.4) is 0 Å². The van der Waals surface area contributed by atoms with Gasteiger partial charge in [0.2, 0.25) is 17.7 Å². The van der Waals surface area contributed by atoms with Crippen molar-refractivity contribution in [2.45, 2.75) is 65.6 Å². The molecule has 31 heavy (non-hydrogen) atoms. The molecule has 12 heteroatoms. The fraction of sp³-hybridized carbons (Fsp3) is 0.579. The zero-order chi connectivity index (χ0) is 22.7. The summed E-state index contributed by atoms with van der Waals surface area (Å²) in [4.78, 5) is 47.2. The normalized spacial score (nSPS) is 20.6. The van der Waals surface area contributed by atoms with Gasteiger partial charge in [0.15, 0.2) is 11.2 Å². The van der Waals surface area contributed by atoms with E-state index >= 15 is 0 Å². The van der Waals surface area contributed by atoms with E-state index in [1.807, 2.05) is 13.8 Å². The summed E-state index contributed by atoms with van der Waals surface area (Å²) in [7, 11) is 0. The molecule has 0 saturated carbocycles. The molecule has 3 rings (SSSR count). The monoisotopic (exact) mass is 435 g/mol. The number of hydrogen-bond donors (Lipinski definition) is 1. The molecule has 1 aliphatic heterocycles. The molecule has 1 fully saturated rings. The van der Waals surface area contributed by atoms with Crippen LogP contribution in [0.25, 0.3) is 11.2 Å². The molecule has 3 atom stereocenters. The quantitative estimate of drug-likeness (QED) is 0.633. The minimum atomic E-state index is -0.654. The molecular formula is C19H25N5O7. The highest BCUT2D eigenvalue weighted by molar-refractivity contribution is 5.88. The summed E-state index contributed by atoms with van der Waals surface area (Å²) in [5.74, 6) is -1.00. The van der Waals surface area contributed by atoms with Gasteiger partial charge in [-0.1, -0.05) is 0 Å². The SMILES string of the molecule is CC(=O)Nc1nc(OC(C)C)c2ncn([C@H]3CC(OC(C)=O)[C@@H](COC(C)=O)O3)c2n1. The van der Waals surface area contributed by atoms with Gasteiger partial charge in [0.1, 0.15) is 25.0 Å². The third-order valence-electron chi connectivity index (χ3n) is 4.28. The van der Waals surface area contributed by atoms with Gasteiger partial charge < -0.3 is 18.9 Å². The van der Waals surface area contributed by atoms with Crippen molar-refractivity contribution in [3.05, 3.63) is 6.33 Å². The summed E-state index contributed by atoms with van der Waals surface area (Å²) in [5.41, 5.74) is 0.757. The number of rotatable bonds is 7. The van der Waals surface area contributed by atoms with E-state index in [4.69, 9.17) is 18.9 Å². The zero-order valence-electron chi connectivity index (χ0n) is 17.9. The van der Waals surface area contributed by atoms with Crippen molar-refractivity contribution >= 4 is 35.0 Å². The molecule has 0 bridgehead atoms. The van der Waals surface area contributed by atoms with E-state index in [0.29, 0.717) is 11.2 Å². The third kappa shape index (κ3) is 5.45. The second-order valence-electron chi connectivity index (χ2n) is 7.34. The minimum absolute atomic E-state index is 0.0587. The smallest absolute Gasteiger partial charge is 0.303 e. The van der Waals surface area contributed by atoms with E-state index in [0.717, 1.165) is 0 Å². The highest BCUT2D eigenvalue weighted by atomic mass is 16.6. The van der Waals surface area contributed by atoms with E-state index in [-0.39, 0.29) is 36.9 Å². The van der Waals surface area contributed by atoms with E-state index in [2.05, 4.69) is 20.3 Å². The molecule has 0 spiro atoms. The van der Waals surface area contributed by atoms with Gasteiger partial charge in [0.05, 0.1) is 12.4 Å². The predicted molar refractivity (Wildman–Crippen MR) is 106 cm³/mol. The molecule has 3 heterocycles. The summed E-state index contributed by atoms with van der Waals surface area (Å²) < 4.78 is 23.8. The first-order chi connectivity index (χ1) is 14.6. The fourth-order valence-corrected chi connectivity index (χ4v) is 3.18. The predicted octanol–water partition coefficient (Wildman–Crippen LogP) is 1.35. The van der Waals surface area contributed by atoms with Crippen LogP contribution in [-0.2, 0) is 28.6 Å². The Hall–Kier alpha value is -3.28. The first-order valence-electron chi connectivity index (χ1n) is 9.79.